The van der Waals surface area contributed by atoms with Crippen molar-refractivity contribution >= 4 is 17.9 Å². The Balaban J connectivity index is 3.63. The van der Waals surface area contributed by atoms with Crippen LogP contribution in [0.5, 0.6) is 0 Å². The van der Waals surface area contributed by atoms with Crippen LogP contribution in [0.1, 0.15) is 0 Å². The summed E-state index contributed by atoms with van der Waals surface area (Å²) in [6.45, 7) is -0.993. The number of carbonyl (C=O) groups is 3. The predicted molar refractivity (Wildman–Crippen MR) is 26.9 cm³/mol. The van der Waals surface area contributed by atoms with Crippen molar-refractivity contribution in [1.82, 2.24) is 0 Å². The Morgan fingerprint density at radius 1 is 1.18 bits per heavy atom. The third kappa shape index (κ3) is 3.87. The van der Waals surface area contributed by atoms with Crippen molar-refractivity contribution in [3.63, 3.8) is 0 Å². The lowest BCUT2D eigenvalue weighted by molar-refractivity contribution is -0.260. The molecule has 0 aliphatic carbocycles. The van der Waals surface area contributed by atoms with Crippen molar-refractivity contribution in [2.75, 3.05) is 6.61 Å². The minimum atomic E-state index is -1.89. The Labute approximate surface area is 60.1 Å². The number of aliphatic hydroxyl groups is 1. The van der Waals surface area contributed by atoms with Gasteiger partial charge in [0.2, 0.25) is 0 Å². The average molecular weight is 164 g/mol. The summed E-state index contributed by atoms with van der Waals surface area (Å²) in [5.41, 5.74) is 0. The van der Waals surface area contributed by atoms with E-state index in [9.17, 15) is 14.4 Å². The van der Waals surface area contributed by atoms with Gasteiger partial charge in [0.05, 0.1) is 0 Å². The second-order valence-corrected chi connectivity index (χ2v) is 1.29. The van der Waals surface area contributed by atoms with Crippen LogP contribution in [0.2, 0.25) is 0 Å². The summed E-state index contributed by atoms with van der Waals surface area (Å²) in [7, 11) is 0. The van der Waals surface area contributed by atoms with Crippen molar-refractivity contribution < 1.29 is 34.4 Å². The molecule has 0 spiro atoms. The fourth-order valence-electron chi connectivity index (χ4n) is 0.146. The molecule has 0 aromatic carbocycles. The topological polar surface area (TPSA) is 110 Å². The molecule has 0 saturated carbocycles. The molecular weight excluding hydrogens is 160 g/mol. The number of hydrogen-bond acceptors (Lipinski definition) is 6. The summed E-state index contributed by atoms with van der Waals surface area (Å²) in [4.78, 5) is 36.6. The van der Waals surface area contributed by atoms with E-state index in [0.717, 1.165) is 0 Å². The summed E-state index contributed by atoms with van der Waals surface area (Å²) in [5.74, 6) is -4.87. The molecule has 7 heteroatoms. The minimum Gasteiger partial charge on any atom is -0.473 e. The van der Waals surface area contributed by atoms with E-state index in [1.54, 1.807) is 0 Å². The fourth-order valence-corrected chi connectivity index (χ4v) is 0.146. The highest BCUT2D eigenvalue weighted by Crippen LogP contribution is 1.82. The Kier molecular flexibility index (Phi) is 3.60. The van der Waals surface area contributed by atoms with Crippen LogP contribution in [-0.2, 0) is 24.2 Å². The number of aliphatic carboxylic acids is 1. The van der Waals surface area contributed by atoms with Gasteiger partial charge in [-0.3, -0.25) is 0 Å². The number of rotatable bonds is 1. The van der Waals surface area contributed by atoms with E-state index in [1.807, 2.05) is 0 Å². The van der Waals surface area contributed by atoms with Gasteiger partial charge in [-0.2, -0.15) is 0 Å². The minimum absolute atomic E-state index is 0.993. The normalized spacial score (nSPS) is 8.45. The highest BCUT2D eigenvalue weighted by molar-refractivity contribution is 6.28. The van der Waals surface area contributed by atoms with E-state index in [0.29, 0.717) is 0 Å². The van der Waals surface area contributed by atoms with Crippen LogP contribution in [0.4, 0.5) is 0 Å². The molecular formula is C4H4O7. The van der Waals surface area contributed by atoms with E-state index < -0.39 is 24.5 Å². The monoisotopic (exact) mass is 164 g/mol. The lowest BCUT2D eigenvalue weighted by Gasteiger charge is -1.96. The van der Waals surface area contributed by atoms with Crippen LogP contribution in [-0.4, -0.2) is 34.7 Å². The van der Waals surface area contributed by atoms with Gasteiger partial charge >= 0.3 is 17.9 Å². The van der Waals surface area contributed by atoms with Gasteiger partial charge in [0.15, 0.2) is 0 Å². The first-order valence-electron chi connectivity index (χ1n) is 2.33. The number of carboxylic acids is 1. The lowest BCUT2D eigenvalue weighted by atomic mass is 10.7. The van der Waals surface area contributed by atoms with E-state index in [2.05, 4.69) is 9.78 Å². The molecule has 0 rings (SSSR count). The first-order chi connectivity index (χ1) is 5.07. The molecule has 0 radical (unpaired) electrons. The van der Waals surface area contributed by atoms with Crippen LogP contribution in [0.25, 0.3) is 0 Å². The van der Waals surface area contributed by atoms with Gasteiger partial charge in [-0.25, -0.2) is 24.2 Å². The second-order valence-electron chi connectivity index (χ2n) is 1.29. The van der Waals surface area contributed by atoms with Gasteiger partial charge < -0.3 is 10.2 Å². The number of hydrogen-bond donors (Lipinski definition) is 2. The predicted octanol–water partition coefficient (Wildman–Crippen LogP) is -1.94. The lowest BCUT2D eigenvalue weighted by Crippen LogP contribution is -2.20. The molecule has 0 aliphatic rings. The van der Waals surface area contributed by atoms with Crippen LogP contribution in [0.15, 0.2) is 0 Å². The van der Waals surface area contributed by atoms with Gasteiger partial charge in [-0.15, -0.1) is 0 Å². The second kappa shape index (κ2) is 4.23. The summed E-state index contributed by atoms with van der Waals surface area (Å²) in [6.07, 6.45) is 0. The molecule has 0 unspecified atom stereocenters. The number of carboxylic acid groups (broad SMARTS) is 1. The quantitative estimate of drug-likeness (QED) is 0.263. The van der Waals surface area contributed by atoms with E-state index in [4.69, 9.17) is 10.2 Å². The third-order valence-electron chi connectivity index (χ3n) is 0.514. The van der Waals surface area contributed by atoms with E-state index in [-0.39, 0.29) is 0 Å². The summed E-state index contributed by atoms with van der Waals surface area (Å²) < 4.78 is 0. The zero-order valence-electron chi connectivity index (χ0n) is 5.14. The first-order valence-corrected chi connectivity index (χ1v) is 2.33. The Bertz CT molecular complexity index is 183. The molecule has 62 valence electrons. The Morgan fingerprint density at radius 3 is 2.09 bits per heavy atom. The molecule has 7 nitrogen and oxygen atoms in total. The molecule has 0 bridgehead atoms. The smallest absolute Gasteiger partial charge is 0.462 e. The van der Waals surface area contributed by atoms with Gasteiger partial charge in [0.1, 0.15) is 6.61 Å². The van der Waals surface area contributed by atoms with Crippen molar-refractivity contribution in [1.29, 1.82) is 0 Å². The van der Waals surface area contributed by atoms with E-state index in [1.165, 1.54) is 0 Å². The molecule has 0 saturated heterocycles. The van der Waals surface area contributed by atoms with Gasteiger partial charge in [0, 0.05) is 0 Å². The summed E-state index contributed by atoms with van der Waals surface area (Å²) in [6, 6.07) is 0. The standard InChI is InChI=1S/C4H4O7/c5-1-2(6)10-11-4(9)3(7)8/h5H,1H2,(H,7,8). The van der Waals surface area contributed by atoms with Crippen LogP contribution in [0, 0.1) is 0 Å². The maximum Gasteiger partial charge on any atom is 0.462 e. The molecule has 0 aliphatic heterocycles. The average Bonchev–Trinajstić information content (AvgIpc) is 1.99. The molecule has 0 atom stereocenters. The van der Waals surface area contributed by atoms with Crippen molar-refractivity contribution in [3.8, 4) is 0 Å². The van der Waals surface area contributed by atoms with Crippen molar-refractivity contribution in [2.45, 2.75) is 0 Å². The number of carbonyl (C=O) groups excluding carboxylic acids is 2. The van der Waals surface area contributed by atoms with E-state index >= 15 is 0 Å². The SMILES string of the molecule is O=C(CO)OOC(=O)C(=O)O. The Morgan fingerprint density at radius 2 is 1.73 bits per heavy atom. The Hall–Kier alpha value is -1.63. The maximum atomic E-state index is 10.00. The van der Waals surface area contributed by atoms with Crippen molar-refractivity contribution in [2.24, 2.45) is 0 Å². The van der Waals surface area contributed by atoms with Crippen molar-refractivity contribution in [3.05, 3.63) is 0 Å². The van der Waals surface area contributed by atoms with Gasteiger partial charge in [-0.05, 0) is 0 Å². The summed E-state index contributed by atoms with van der Waals surface area (Å²) >= 11 is 0. The number of aliphatic hydroxyl groups excluding tert-OH is 1. The zero-order chi connectivity index (χ0) is 8.85. The fraction of sp³-hybridized carbons (Fsp3) is 0.250. The maximum absolute atomic E-state index is 10.00. The van der Waals surface area contributed by atoms with Crippen LogP contribution < -0.4 is 0 Å². The molecule has 0 aromatic rings. The molecule has 0 amide bonds. The highest BCUT2D eigenvalue weighted by atomic mass is 17.2. The van der Waals surface area contributed by atoms with Crippen LogP contribution in [0.3, 0.4) is 0 Å². The van der Waals surface area contributed by atoms with Gasteiger partial charge in [-0.1, -0.05) is 0 Å². The summed E-state index contributed by atoms with van der Waals surface area (Å²) in [5, 5.41) is 15.8. The molecule has 0 aromatic heterocycles. The molecule has 11 heavy (non-hydrogen) atoms. The highest BCUT2D eigenvalue weighted by Gasteiger charge is 2.16. The molecule has 0 fully saturated rings. The van der Waals surface area contributed by atoms with Gasteiger partial charge in [0.25, 0.3) is 0 Å². The van der Waals surface area contributed by atoms with Crippen LogP contribution >= 0.6 is 0 Å². The molecule has 0 heterocycles. The largest absolute Gasteiger partial charge is 0.473 e. The first kappa shape index (κ1) is 9.37. The molecule has 2 N–H and O–H groups in total. The zero-order valence-corrected chi connectivity index (χ0v) is 5.14. The third-order valence-corrected chi connectivity index (χ3v) is 0.514.